The standard InChI is InChI=1S/C25H27NO2/c1-18-5-9-20(10-6-18)21-11-7-19(8-12-21)13-14-26-16-23-15-24(22-3-2-4-22)25(27)17-28-23/h5-12,15,17,26-27H,2-4,13-14,16H2,1H3. The van der Waals surface area contributed by atoms with Crippen molar-refractivity contribution in [3.05, 3.63) is 94.7 Å². The molecule has 2 N–H and O–H groups in total. The average Bonchev–Trinajstić information content (AvgIpc) is 2.67. The van der Waals surface area contributed by atoms with Gasteiger partial charge >= 0.3 is 0 Å². The second-order valence-corrected chi connectivity index (χ2v) is 7.59. The van der Waals surface area contributed by atoms with Crippen LogP contribution < -0.4 is 5.32 Å². The van der Waals surface area contributed by atoms with E-state index in [0.717, 1.165) is 37.1 Å². The highest BCUT2D eigenvalue weighted by atomic mass is 16.5. The Hall–Kier alpha value is -2.78. The number of allylic oxidation sites excluding steroid dienone is 2. The van der Waals surface area contributed by atoms with Crippen molar-refractivity contribution < 1.29 is 9.84 Å². The van der Waals surface area contributed by atoms with Crippen LogP contribution in [-0.2, 0) is 11.2 Å². The summed E-state index contributed by atoms with van der Waals surface area (Å²) in [7, 11) is 0. The zero-order valence-corrected chi connectivity index (χ0v) is 16.4. The molecule has 1 fully saturated rings. The largest absolute Gasteiger partial charge is 0.504 e. The highest BCUT2D eigenvalue weighted by Crippen LogP contribution is 2.34. The van der Waals surface area contributed by atoms with Gasteiger partial charge in [0.1, 0.15) is 12.0 Å². The van der Waals surface area contributed by atoms with E-state index in [1.165, 1.54) is 40.5 Å². The zero-order valence-electron chi connectivity index (χ0n) is 16.4. The minimum Gasteiger partial charge on any atom is -0.504 e. The molecule has 0 unspecified atom stereocenters. The van der Waals surface area contributed by atoms with Gasteiger partial charge in [-0.05, 0) is 61.9 Å². The van der Waals surface area contributed by atoms with Gasteiger partial charge in [-0.25, -0.2) is 0 Å². The number of hydrogen-bond donors (Lipinski definition) is 2. The molecule has 2 aromatic carbocycles. The van der Waals surface area contributed by atoms with Crippen molar-refractivity contribution in [1.29, 1.82) is 0 Å². The van der Waals surface area contributed by atoms with Gasteiger partial charge in [0.2, 0.25) is 0 Å². The van der Waals surface area contributed by atoms with Crippen molar-refractivity contribution in [2.45, 2.75) is 32.6 Å². The van der Waals surface area contributed by atoms with E-state index in [9.17, 15) is 5.11 Å². The van der Waals surface area contributed by atoms with E-state index in [2.05, 4.69) is 60.8 Å². The third-order valence-electron chi connectivity index (χ3n) is 5.47. The molecular formula is C25H27NO2. The normalized spacial score (nSPS) is 16.2. The van der Waals surface area contributed by atoms with Crippen LogP contribution in [-0.4, -0.2) is 18.2 Å². The fraction of sp³-hybridized carbons (Fsp3) is 0.280. The summed E-state index contributed by atoms with van der Waals surface area (Å²) in [5.41, 5.74) is 7.40. The number of nitrogens with one attached hydrogen (secondary N) is 1. The molecular weight excluding hydrogens is 346 g/mol. The molecule has 0 radical (unpaired) electrons. The van der Waals surface area contributed by atoms with Gasteiger partial charge in [0.15, 0.2) is 5.76 Å². The van der Waals surface area contributed by atoms with Crippen LogP contribution in [0.3, 0.4) is 0 Å². The first-order valence-electron chi connectivity index (χ1n) is 10.0. The molecule has 1 aliphatic heterocycles. The maximum atomic E-state index is 9.97. The van der Waals surface area contributed by atoms with Gasteiger partial charge in [-0.3, -0.25) is 0 Å². The van der Waals surface area contributed by atoms with Gasteiger partial charge in [0, 0.05) is 5.57 Å². The molecule has 0 atom stereocenters. The van der Waals surface area contributed by atoms with E-state index >= 15 is 0 Å². The van der Waals surface area contributed by atoms with Crippen LogP contribution >= 0.6 is 0 Å². The number of ether oxygens (including phenoxy) is 1. The molecule has 3 nitrogen and oxygen atoms in total. The van der Waals surface area contributed by atoms with Crippen LogP contribution in [0.2, 0.25) is 0 Å². The lowest BCUT2D eigenvalue weighted by molar-refractivity contribution is 0.291. The van der Waals surface area contributed by atoms with Gasteiger partial charge in [-0.2, -0.15) is 0 Å². The Balaban J connectivity index is 1.27. The summed E-state index contributed by atoms with van der Waals surface area (Å²) in [6, 6.07) is 17.4. The molecule has 2 aliphatic rings. The number of benzene rings is 2. The first-order chi connectivity index (χ1) is 13.7. The number of aliphatic hydroxyl groups is 1. The van der Waals surface area contributed by atoms with Crippen molar-refractivity contribution in [3.8, 4) is 11.1 Å². The summed E-state index contributed by atoms with van der Waals surface area (Å²) < 4.78 is 5.52. The molecule has 0 aromatic heterocycles. The molecule has 28 heavy (non-hydrogen) atoms. The van der Waals surface area contributed by atoms with Gasteiger partial charge in [-0.15, -0.1) is 0 Å². The number of rotatable bonds is 6. The third-order valence-corrected chi connectivity index (χ3v) is 5.47. The molecule has 4 rings (SSSR count). The predicted molar refractivity (Wildman–Crippen MR) is 114 cm³/mol. The van der Waals surface area contributed by atoms with Crippen LogP contribution in [0, 0.1) is 6.92 Å². The lowest BCUT2D eigenvalue weighted by atomic mass is 9.86. The van der Waals surface area contributed by atoms with E-state index < -0.39 is 0 Å². The van der Waals surface area contributed by atoms with Gasteiger partial charge < -0.3 is 15.2 Å². The molecule has 0 saturated heterocycles. The molecule has 2 aromatic rings. The quantitative estimate of drug-likeness (QED) is 0.649. The van der Waals surface area contributed by atoms with Gasteiger partial charge in [-0.1, -0.05) is 59.7 Å². The molecule has 1 aliphatic carbocycles. The van der Waals surface area contributed by atoms with E-state index in [0.29, 0.717) is 6.54 Å². The molecule has 0 amide bonds. The Morgan fingerprint density at radius 1 is 0.964 bits per heavy atom. The van der Waals surface area contributed by atoms with Crippen molar-refractivity contribution in [2.24, 2.45) is 0 Å². The summed E-state index contributed by atoms with van der Waals surface area (Å²) in [4.78, 5) is 0. The third kappa shape index (κ3) is 4.37. The topological polar surface area (TPSA) is 41.5 Å². The lowest BCUT2D eigenvalue weighted by Crippen LogP contribution is -2.22. The lowest BCUT2D eigenvalue weighted by Gasteiger charge is -2.23. The van der Waals surface area contributed by atoms with E-state index in [-0.39, 0.29) is 5.76 Å². The van der Waals surface area contributed by atoms with Crippen LogP contribution in [0.1, 0.15) is 30.4 Å². The molecule has 0 spiro atoms. The zero-order chi connectivity index (χ0) is 19.3. The summed E-state index contributed by atoms with van der Waals surface area (Å²) in [6.45, 7) is 3.66. The SMILES string of the molecule is Cc1ccc(-c2ccc(CCNCC3=CC(=C4CCC4)C(O)=CO3)cc2)cc1. The highest BCUT2D eigenvalue weighted by molar-refractivity contribution is 5.63. The maximum Gasteiger partial charge on any atom is 0.158 e. The van der Waals surface area contributed by atoms with Crippen LogP contribution in [0.4, 0.5) is 0 Å². The van der Waals surface area contributed by atoms with Crippen LogP contribution in [0.15, 0.2) is 83.5 Å². The minimum absolute atomic E-state index is 0.257. The van der Waals surface area contributed by atoms with Gasteiger partial charge in [0.05, 0.1) is 6.54 Å². The van der Waals surface area contributed by atoms with Crippen molar-refractivity contribution in [1.82, 2.24) is 5.32 Å². The predicted octanol–water partition coefficient (Wildman–Crippen LogP) is 5.59. The number of aryl methyl sites for hydroxylation is 1. The van der Waals surface area contributed by atoms with E-state index in [1.54, 1.807) is 0 Å². The Kier molecular flexibility index (Phi) is 5.63. The first-order valence-corrected chi connectivity index (χ1v) is 10.0. The van der Waals surface area contributed by atoms with Crippen molar-refractivity contribution >= 4 is 0 Å². The monoisotopic (exact) mass is 373 g/mol. The maximum absolute atomic E-state index is 9.97. The number of aliphatic hydroxyl groups excluding tert-OH is 1. The molecule has 1 heterocycles. The minimum atomic E-state index is 0.257. The summed E-state index contributed by atoms with van der Waals surface area (Å²) >= 11 is 0. The Labute approximate surface area is 167 Å². The van der Waals surface area contributed by atoms with Gasteiger partial charge in [0.25, 0.3) is 0 Å². The smallest absolute Gasteiger partial charge is 0.158 e. The van der Waals surface area contributed by atoms with E-state index in [4.69, 9.17) is 4.74 Å². The summed E-state index contributed by atoms with van der Waals surface area (Å²) in [6.07, 6.45) is 7.80. The second-order valence-electron chi connectivity index (χ2n) is 7.59. The molecule has 144 valence electrons. The van der Waals surface area contributed by atoms with E-state index in [1.807, 2.05) is 6.08 Å². The summed E-state index contributed by atoms with van der Waals surface area (Å²) in [5, 5.41) is 13.4. The first kappa shape index (κ1) is 18.6. The fourth-order valence-electron chi connectivity index (χ4n) is 3.52. The summed E-state index contributed by atoms with van der Waals surface area (Å²) in [5.74, 6) is 1.12. The van der Waals surface area contributed by atoms with Crippen LogP contribution in [0.5, 0.6) is 0 Å². The van der Waals surface area contributed by atoms with Crippen molar-refractivity contribution in [3.63, 3.8) is 0 Å². The fourth-order valence-corrected chi connectivity index (χ4v) is 3.52. The molecule has 0 bridgehead atoms. The molecule has 1 saturated carbocycles. The number of hydrogen-bond acceptors (Lipinski definition) is 3. The Morgan fingerprint density at radius 3 is 2.29 bits per heavy atom. The van der Waals surface area contributed by atoms with Crippen LogP contribution in [0.25, 0.3) is 11.1 Å². The highest BCUT2D eigenvalue weighted by Gasteiger charge is 2.19. The Morgan fingerprint density at radius 2 is 1.64 bits per heavy atom. The molecule has 3 heteroatoms. The second kappa shape index (κ2) is 8.49. The Bertz CT molecular complexity index is 912. The van der Waals surface area contributed by atoms with Crippen molar-refractivity contribution in [2.75, 3.05) is 13.1 Å². The average molecular weight is 373 g/mol.